The van der Waals surface area contributed by atoms with Crippen molar-refractivity contribution in [3.05, 3.63) is 47.6 Å². The number of nitrogens with zero attached hydrogens (tertiary/aromatic N) is 3. The molecule has 0 spiro atoms. The molecule has 0 bridgehead atoms. The Morgan fingerprint density at radius 1 is 1.32 bits per heavy atom. The Balaban J connectivity index is 1.70. The SMILES string of the molecule is CC(C)c1nc(CN2C(=O)OC[C@H]2Cc2ccccc2)no1. The van der Waals surface area contributed by atoms with Crippen molar-refractivity contribution in [2.24, 2.45) is 0 Å². The van der Waals surface area contributed by atoms with Crippen LogP contribution in [0.4, 0.5) is 4.79 Å². The minimum absolute atomic E-state index is 0.00380. The summed E-state index contributed by atoms with van der Waals surface area (Å²) in [7, 11) is 0. The summed E-state index contributed by atoms with van der Waals surface area (Å²) in [6.45, 7) is 4.68. The number of ether oxygens (including phenoxy) is 1. The summed E-state index contributed by atoms with van der Waals surface area (Å²) in [6, 6.07) is 10.1. The molecule has 0 saturated carbocycles. The van der Waals surface area contributed by atoms with E-state index in [1.807, 2.05) is 44.2 Å². The summed E-state index contributed by atoms with van der Waals surface area (Å²) in [6.07, 6.45) is 0.429. The van der Waals surface area contributed by atoms with Crippen molar-refractivity contribution >= 4 is 6.09 Å². The van der Waals surface area contributed by atoms with Gasteiger partial charge in [0.1, 0.15) is 6.61 Å². The molecular formula is C16H19N3O3. The Hall–Kier alpha value is -2.37. The molecule has 2 aromatic rings. The molecule has 22 heavy (non-hydrogen) atoms. The molecule has 6 nitrogen and oxygen atoms in total. The fourth-order valence-electron chi connectivity index (χ4n) is 2.46. The molecule has 116 valence electrons. The van der Waals surface area contributed by atoms with Crippen LogP contribution in [0.1, 0.15) is 37.0 Å². The zero-order valence-electron chi connectivity index (χ0n) is 12.7. The van der Waals surface area contributed by atoms with Crippen LogP contribution in [0.25, 0.3) is 0 Å². The fourth-order valence-corrected chi connectivity index (χ4v) is 2.46. The summed E-state index contributed by atoms with van der Waals surface area (Å²) in [5, 5.41) is 3.94. The van der Waals surface area contributed by atoms with Gasteiger partial charge in [-0.1, -0.05) is 49.3 Å². The molecule has 2 heterocycles. The monoisotopic (exact) mass is 301 g/mol. The molecule has 3 rings (SSSR count). The third-order valence-electron chi connectivity index (χ3n) is 3.68. The Kier molecular flexibility index (Phi) is 4.09. The number of benzene rings is 1. The van der Waals surface area contributed by atoms with E-state index < -0.39 is 0 Å². The Morgan fingerprint density at radius 3 is 2.77 bits per heavy atom. The average molecular weight is 301 g/mol. The number of rotatable bonds is 5. The van der Waals surface area contributed by atoms with Crippen LogP contribution < -0.4 is 0 Å². The van der Waals surface area contributed by atoms with Gasteiger partial charge in [0.15, 0.2) is 5.82 Å². The quantitative estimate of drug-likeness (QED) is 0.849. The van der Waals surface area contributed by atoms with Crippen LogP contribution in [-0.2, 0) is 17.7 Å². The highest BCUT2D eigenvalue weighted by Gasteiger charge is 2.34. The molecule has 1 fully saturated rings. The van der Waals surface area contributed by atoms with Crippen molar-refractivity contribution in [3.63, 3.8) is 0 Å². The summed E-state index contributed by atoms with van der Waals surface area (Å²) < 4.78 is 10.4. The van der Waals surface area contributed by atoms with Crippen LogP contribution in [0.2, 0.25) is 0 Å². The van der Waals surface area contributed by atoms with Gasteiger partial charge < -0.3 is 9.26 Å². The second kappa shape index (κ2) is 6.17. The van der Waals surface area contributed by atoms with Crippen molar-refractivity contribution in [3.8, 4) is 0 Å². The first-order valence-electron chi connectivity index (χ1n) is 7.43. The van der Waals surface area contributed by atoms with Gasteiger partial charge in [-0.2, -0.15) is 4.98 Å². The average Bonchev–Trinajstić information content (AvgIpc) is 3.11. The highest BCUT2D eigenvalue weighted by molar-refractivity contribution is 5.70. The number of carbonyl (C=O) groups is 1. The van der Waals surface area contributed by atoms with Gasteiger partial charge in [-0.25, -0.2) is 4.79 Å². The van der Waals surface area contributed by atoms with Gasteiger partial charge in [-0.3, -0.25) is 4.90 Å². The number of cyclic esters (lactones) is 1. The minimum atomic E-state index is -0.322. The maximum atomic E-state index is 11.9. The van der Waals surface area contributed by atoms with Crippen LogP contribution in [0.3, 0.4) is 0 Å². The largest absolute Gasteiger partial charge is 0.447 e. The fraction of sp³-hybridized carbons (Fsp3) is 0.438. The summed E-state index contributed by atoms with van der Waals surface area (Å²) in [5.41, 5.74) is 1.17. The Labute approximate surface area is 129 Å². The van der Waals surface area contributed by atoms with Crippen molar-refractivity contribution in [1.29, 1.82) is 0 Å². The number of carbonyl (C=O) groups excluding carboxylic acids is 1. The maximum Gasteiger partial charge on any atom is 0.410 e. The standard InChI is InChI=1S/C16H19N3O3/c1-11(2)15-17-14(18-22-15)9-19-13(10-21-16(19)20)8-12-6-4-3-5-7-12/h3-7,11,13H,8-10H2,1-2H3/t13-/m1/s1. The van der Waals surface area contributed by atoms with Gasteiger partial charge in [0.05, 0.1) is 12.6 Å². The summed E-state index contributed by atoms with van der Waals surface area (Å²) >= 11 is 0. The number of amides is 1. The third kappa shape index (κ3) is 3.10. The normalized spacial score (nSPS) is 18.0. The summed E-state index contributed by atoms with van der Waals surface area (Å²) in [5.74, 6) is 1.27. The Morgan fingerprint density at radius 2 is 2.09 bits per heavy atom. The van der Waals surface area contributed by atoms with E-state index in [2.05, 4.69) is 10.1 Å². The van der Waals surface area contributed by atoms with Crippen LogP contribution in [0.15, 0.2) is 34.9 Å². The molecule has 0 N–H and O–H groups in total. The van der Waals surface area contributed by atoms with Crippen LogP contribution in [-0.4, -0.2) is 33.8 Å². The molecule has 1 saturated heterocycles. The van der Waals surface area contributed by atoms with E-state index in [1.165, 1.54) is 5.56 Å². The second-order valence-corrected chi connectivity index (χ2v) is 5.75. The lowest BCUT2D eigenvalue weighted by Gasteiger charge is -2.19. The highest BCUT2D eigenvalue weighted by Crippen LogP contribution is 2.20. The lowest BCUT2D eigenvalue weighted by Crippen LogP contribution is -2.34. The number of hydrogen-bond acceptors (Lipinski definition) is 5. The lowest BCUT2D eigenvalue weighted by atomic mass is 10.1. The smallest absolute Gasteiger partial charge is 0.410 e. The van der Waals surface area contributed by atoms with Gasteiger partial charge >= 0.3 is 6.09 Å². The predicted molar refractivity (Wildman–Crippen MR) is 79.2 cm³/mol. The molecule has 1 aliphatic heterocycles. The molecule has 1 aromatic heterocycles. The van der Waals surface area contributed by atoms with Gasteiger partial charge in [0, 0.05) is 5.92 Å². The highest BCUT2D eigenvalue weighted by atomic mass is 16.6. The number of hydrogen-bond donors (Lipinski definition) is 0. The van der Waals surface area contributed by atoms with Crippen molar-refractivity contribution in [1.82, 2.24) is 15.0 Å². The zero-order chi connectivity index (χ0) is 15.5. The first-order valence-corrected chi connectivity index (χ1v) is 7.43. The molecule has 0 radical (unpaired) electrons. The van der Waals surface area contributed by atoms with Crippen LogP contribution in [0.5, 0.6) is 0 Å². The second-order valence-electron chi connectivity index (χ2n) is 5.75. The lowest BCUT2D eigenvalue weighted by molar-refractivity contribution is 0.155. The maximum absolute atomic E-state index is 11.9. The van der Waals surface area contributed by atoms with Crippen molar-refractivity contribution < 1.29 is 14.1 Å². The van der Waals surface area contributed by atoms with Gasteiger partial charge in [0.25, 0.3) is 0 Å². The van der Waals surface area contributed by atoms with E-state index in [0.717, 1.165) is 6.42 Å². The van der Waals surface area contributed by atoms with Crippen LogP contribution in [0, 0.1) is 0 Å². The van der Waals surface area contributed by atoms with E-state index >= 15 is 0 Å². The number of aromatic nitrogens is 2. The van der Waals surface area contributed by atoms with Gasteiger partial charge in [-0.15, -0.1) is 0 Å². The molecule has 0 aliphatic carbocycles. The van der Waals surface area contributed by atoms with Crippen molar-refractivity contribution in [2.45, 2.75) is 38.8 Å². The third-order valence-corrected chi connectivity index (χ3v) is 3.68. The zero-order valence-corrected chi connectivity index (χ0v) is 12.7. The van der Waals surface area contributed by atoms with E-state index in [0.29, 0.717) is 24.9 Å². The first kappa shape index (κ1) is 14.6. The van der Waals surface area contributed by atoms with E-state index in [9.17, 15) is 4.79 Å². The van der Waals surface area contributed by atoms with E-state index in [4.69, 9.17) is 9.26 Å². The van der Waals surface area contributed by atoms with Gasteiger partial charge in [-0.05, 0) is 12.0 Å². The molecule has 1 atom stereocenters. The van der Waals surface area contributed by atoms with E-state index in [-0.39, 0.29) is 18.1 Å². The molecular weight excluding hydrogens is 282 g/mol. The van der Waals surface area contributed by atoms with Gasteiger partial charge in [0.2, 0.25) is 5.89 Å². The van der Waals surface area contributed by atoms with E-state index in [1.54, 1.807) is 4.90 Å². The topological polar surface area (TPSA) is 68.5 Å². The molecule has 1 aliphatic rings. The molecule has 1 amide bonds. The first-order chi connectivity index (χ1) is 10.6. The van der Waals surface area contributed by atoms with Crippen molar-refractivity contribution in [2.75, 3.05) is 6.61 Å². The molecule has 6 heteroatoms. The Bertz CT molecular complexity index is 639. The predicted octanol–water partition coefficient (Wildman–Crippen LogP) is 2.76. The van der Waals surface area contributed by atoms with Crippen LogP contribution >= 0.6 is 0 Å². The summed E-state index contributed by atoms with van der Waals surface area (Å²) in [4.78, 5) is 17.9. The molecule has 0 unspecified atom stereocenters. The molecule has 1 aromatic carbocycles. The minimum Gasteiger partial charge on any atom is -0.447 e.